The van der Waals surface area contributed by atoms with Crippen LogP contribution in [0.4, 0.5) is 0 Å². The number of rotatable bonds is 7. The zero-order chi connectivity index (χ0) is 17.5. The highest BCUT2D eigenvalue weighted by Crippen LogP contribution is 2.28. The number of nitrogens with zero attached hydrogens (tertiary/aromatic N) is 1. The van der Waals surface area contributed by atoms with Crippen LogP contribution < -0.4 is 4.74 Å². The molecule has 0 saturated carbocycles. The normalized spacial score (nSPS) is 13.2. The zero-order valence-corrected chi connectivity index (χ0v) is 14.4. The number of ether oxygens (including phenoxy) is 1. The Morgan fingerprint density at radius 2 is 1.64 bits per heavy atom. The van der Waals surface area contributed by atoms with Crippen LogP contribution in [0.3, 0.4) is 0 Å². The van der Waals surface area contributed by atoms with Gasteiger partial charge in [-0.2, -0.15) is 0 Å². The summed E-state index contributed by atoms with van der Waals surface area (Å²) >= 11 is 0. The van der Waals surface area contributed by atoms with Crippen LogP contribution in [0.2, 0.25) is 0 Å². The van der Waals surface area contributed by atoms with Crippen LogP contribution in [0, 0.1) is 0 Å². The van der Waals surface area contributed by atoms with Crippen molar-refractivity contribution < 1.29 is 9.84 Å². The van der Waals surface area contributed by atoms with E-state index in [0.29, 0.717) is 12.8 Å². The Labute approximate surface area is 148 Å². The maximum Gasteiger partial charge on any atom is 0.128 e. The summed E-state index contributed by atoms with van der Waals surface area (Å²) in [4.78, 5) is 4.17. The molecule has 1 aromatic heterocycles. The first-order chi connectivity index (χ1) is 12.3. The molecule has 0 bridgehead atoms. The van der Waals surface area contributed by atoms with Gasteiger partial charge in [0.1, 0.15) is 11.9 Å². The fourth-order valence-electron chi connectivity index (χ4n) is 2.75. The van der Waals surface area contributed by atoms with Gasteiger partial charge in [-0.3, -0.25) is 4.98 Å². The molecule has 2 aromatic carbocycles. The van der Waals surface area contributed by atoms with E-state index in [1.807, 2.05) is 49.4 Å². The van der Waals surface area contributed by atoms with E-state index in [1.165, 1.54) is 5.56 Å². The molecular weight excluding hydrogens is 310 g/mol. The van der Waals surface area contributed by atoms with Crippen molar-refractivity contribution in [2.45, 2.75) is 32.0 Å². The molecule has 3 aromatic rings. The second-order valence-corrected chi connectivity index (χ2v) is 6.08. The number of aliphatic hydroxyl groups excluding tert-OH is 1. The molecule has 1 heterocycles. The predicted molar refractivity (Wildman–Crippen MR) is 100 cm³/mol. The van der Waals surface area contributed by atoms with Crippen LogP contribution in [0.25, 0.3) is 11.1 Å². The second-order valence-electron chi connectivity index (χ2n) is 6.08. The molecule has 1 unspecified atom stereocenters. The third-order valence-electron chi connectivity index (χ3n) is 4.25. The zero-order valence-electron chi connectivity index (χ0n) is 14.4. The van der Waals surface area contributed by atoms with Crippen LogP contribution in [0.1, 0.15) is 31.4 Å². The van der Waals surface area contributed by atoms with Crippen molar-refractivity contribution >= 4 is 0 Å². The highest BCUT2D eigenvalue weighted by Gasteiger charge is 2.18. The van der Waals surface area contributed by atoms with E-state index in [9.17, 15) is 5.11 Å². The first kappa shape index (κ1) is 17.2. The van der Waals surface area contributed by atoms with Gasteiger partial charge in [0.2, 0.25) is 0 Å². The fourth-order valence-corrected chi connectivity index (χ4v) is 2.75. The molecule has 0 aliphatic rings. The van der Waals surface area contributed by atoms with Crippen LogP contribution >= 0.6 is 0 Å². The van der Waals surface area contributed by atoms with E-state index in [1.54, 1.807) is 12.4 Å². The van der Waals surface area contributed by atoms with Gasteiger partial charge in [0.15, 0.2) is 0 Å². The van der Waals surface area contributed by atoms with Crippen molar-refractivity contribution in [2.75, 3.05) is 0 Å². The molecule has 128 valence electrons. The van der Waals surface area contributed by atoms with E-state index < -0.39 is 6.10 Å². The Morgan fingerprint density at radius 3 is 2.28 bits per heavy atom. The summed E-state index contributed by atoms with van der Waals surface area (Å²) in [5.41, 5.74) is 3.31. The van der Waals surface area contributed by atoms with Gasteiger partial charge in [0.25, 0.3) is 0 Å². The van der Waals surface area contributed by atoms with E-state index in [-0.39, 0.29) is 6.10 Å². The summed E-state index contributed by atoms with van der Waals surface area (Å²) in [6, 6.07) is 22.2. The highest BCUT2D eigenvalue weighted by molar-refractivity contribution is 5.63. The van der Waals surface area contributed by atoms with Gasteiger partial charge in [0.05, 0.1) is 6.10 Å². The third kappa shape index (κ3) is 4.68. The topological polar surface area (TPSA) is 42.4 Å². The molecule has 25 heavy (non-hydrogen) atoms. The Hall–Kier alpha value is -2.65. The minimum absolute atomic E-state index is 0.216. The molecule has 3 heteroatoms. The molecule has 2 atom stereocenters. The van der Waals surface area contributed by atoms with Gasteiger partial charge in [-0.1, -0.05) is 55.5 Å². The maximum atomic E-state index is 10.1. The van der Waals surface area contributed by atoms with Crippen molar-refractivity contribution in [3.05, 3.63) is 84.7 Å². The van der Waals surface area contributed by atoms with Gasteiger partial charge in [0, 0.05) is 24.4 Å². The molecule has 0 radical (unpaired) electrons. The number of aromatic nitrogens is 1. The van der Waals surface area contributed by atoms with Crippen LogP contribution in [0.5, 0.6) is 5.75 Å². The molecule has 3 rings (SSSR count). The number of hydrogen-bond acceptors (Lipinski definition) is 3. The minimum atomic E-state index is -0.395. The first-order valence-electron chi connectivity index (χ1n) is 8.66. The number of pyridine rings is 1. The van der Waals surface area contributed by atoms with E-state index in [4.69, 9.17) is 4.74 Å². The molecule has 0 spiro atoms. The lowest BCUT2D eigenvalue weighted by atomic mass is 10.0. The van der Waals surface area contributed by atoms with E-state index in [0.717, 1.165) is 16.9 Å². The SMILES string of the molecule is CC[C@@H](O)CC(Oc1ccc(-c2ccccc2)cc1)c1cccnc1. The van der Waals surface area contributed by atoms with Crippen molar-refractivity contribution in [3.8, 4) is 16.9 Å². The van der Waals surface area contributed by atoms with E-state index in [2.05, 4.69) is 29.2 Å². The van der Waals surface area contributed by atoms with Gasteiger partial charge >= 0.3 is 0 Å². The summed E-state index contributed by atoms with van der Waals surface area (Å²) < 4.78 is 6.16. The molecule has 0 fully saturated rings. The van der Waals surface area contributed by atoms with Crippen molar-refractivity contribution in [2.24, 2.45) is 0 Å². The van der Waals surface area contributed by atoms with Crippen LogP contribution in [-0.4, -0.2) is 16.2 Å². The Balaban J connectivity index is 1.77. The summed E-state index contributed by atoms with van der Waals surface area (Å²) in [7, 11) is 0. The molecular formula is C22H23NO2. The van der Waals surface area contributed by atoms with Crippen LogP contribution in [0.15, 0.2) is 79.1 Å². The Bertz CT molecular complexity index is 757. The lowest BCUT2D eigenvalue weighted by molar-refractivity contribution is 0.0917. The van der Waals surface area contributed by atoms with Gasteiger partial charge in [-0.15, -0.1) is 0 Å². The molecule has 0 aliphatic carbocycles. The maximum absolute atomic E-state index is 10.1. The minimum Gasteiger partial charge on any atom is -0.486 e. The Morgan fingerprint density at radius 1 is 0.920 bits per heavy atom. The molecule has 0 aliphatic heterocycles. The third-order valence-corrected chi connectivity index (χ3v) is 4.25. The molecule has 0 amide bonds. The molecule has 3 nitrogen and oxygen atoms in total. The number of aliphatic hydroxyl groups is 1. The Kier molecular flexibility index (Phi) is 5.81. The first-order valence-corrected chi connectivity index (χ1v) is 8.66. The number of hydrogen-bond donors (Lipinski definition) is 1. The standard InChI is InChI=1S/C22H23NO2/c1-2-20(24)15-22(19-9-6-14-23-16-19)25-21-12-10-18(11-13-21)17-7-4-3-5-8-17/h3-14,16,20,22,24H,2,15H2,1H3/t20-,22?/m1/s1. The highest BCUT2D eigenvalue weighted by atomic mass is 16.5. The summed E-state index contributed by atoms with van der Waals surface area (Å²) in [6.45, 7) is 1.97. The summed E-state index contributed by atoms with van der Waals surface area (Å²) in [5.74, 6) is 0.789. The van der Waals surface area contributed by atoms with Crippen molar-refractivity contribution in [1.82, 2.24) is 4.98 Å². The lowest BCUT2D eigenvalue weighted by Gasteiger charge is -2.21. The second kappa shape index (κ2) is 8.45. The smallest absolute Gasteiger partial charge is 0.128 e. The average Bonchev–Trinajstić information content (AvgIpc) is 2.69. The van der Waals surface area contributed by atoms with Crippen molar-refractivity contribution in [1.29, 1.82) is 0 Å². The lowest BCUT2D eigenvalue weighted by Crippen LogP contribution is -2.16. The predicted octanol–water partition coefficient (Wildman–Crippen LogP) is 5.03. The summed E-state index contributed by atoms with van der Waals surface area (Å²) in [6.07, 6.45) is 4.17. The fraction of sp³-hybridized carbons (Fsp3) is 0.227. The largest absolute Gasteiger partial charge is 0.486 e. The molecule has 0 saturated heterocycles. The van der Waals surface area contributed by atoms with Gasteiger partial charge in [-0.05, 0) is 35.7 Å². The number of benzene rings is 2. The van der Waals surface area contributed by atoms with Crippen molar-refractivity contribution in [3.63, 3.8) is 0 Å². The van der Waals surface area contributed by atoms with Gasteiger partial charge in [-0.25, -0.2) is 0 Å². The molecule has 1 N–H and O–H groups in total. The quantitative estimate of drug-likeness (QED) is 0.659. The van der Waals surface area contributed by atoms with Gasteiger partial charge < -0.3 is 9.84 Å². The van der Waals surface area contributed by atoms with E-state index >= 15 is 0 Å². The average molecular weight is 333 g/mol. The van der Waals surface area contributed by atoms with Crippen LogP contribution in [-0.2, 0) is 0 Å². The summed E-state index contributed by atoms with van der Waals surface area (Å²) in [5, 5.41) is 10.1. The monoisotopic (exact) mass is 333 g/mol.